The zero-order chi connectivity index (χ0) is 15.3. The largest absolute Gasteiger partial charge is 0.384 e. The fourth-order valence-corrected chi connectivity index (χ4v) is 3.71. The number of thiophene rings is 1. The summed E-state index contributed by atoms with van der Waals surface area (Å²) in [4.78, 5) is 5.67. The van der Waals surface area contributed by atoms with Crippen molar-refractivity contribution in [3.63, 3.8) is 0 Å². The van der Waals surface area contributed by atoms with Crippen LogP contribution in [0.2, 0.25) is 0 Å². The van der Waals surface area contributed by atoms with E-state index >= 15 is 0 Å². The lowest BCUT2D eigenvalue weighted by molar-refractivity contribution is -0.208. The lowest BCUT2D eigenvalue weighted by atomic mass is 9.75. The van der Waals surface area contributed by atoms with Crippen molar-refractivity contribution in [3.8, 4) is 0 Å². The molecule has 0 unspecified atom stereocenters. The molecule has 0 bridgehead atoms. The third-order valence-electron chi connectivity index (χ3n) is 3.71. The first kappa shape index (κ1) is 14.3. The van der Waals surface area contributed by atoms with Crippen LogP contribution in [-0.2, 0) is 5.60 Å². The van der Waals surface area contributed by atoms with Gasteiger partial charge in [-0.25, -0.2) is 13.8 Å². The second-order valence-corrected chi connectivity index (χ2v) is 6.36. The van der Waals surface area contributed by atoms with Crippen molar-refractivity contribution < 1.29 is 13.9 Å². The van der Waals surface area contributed by atoms with E-state index < -0.39 is 24.4 Å². The zero-order valence-corrected chi connectivity index (χ0v) is 12.2. The molecule has 110 valence electrons. The average molecular weight is 308 g/mol. The maximum Gasteiger partial charge on any atom is 0.254 e. The number of aromatic nitrogens is 1. The van der Waals surface area contributed by atoms with E-state index in [2.05, 4.69) is 4.98 Å². The lowest BCUT2D eigenvalue weighted by Gasteiger charge is -2.42. The first-order valence-electron chi connectivity index (χ1n) is 6.55. The summed E-state index contributed by atoms with van der Waals surface area (Å²) in [5.41, 5.74) is -0.0694. The molecule has 2 heterocycles. The SMILES string of the molecule is C/C=C(\C=N)c1ccc2cc(C3(O)CC(F)(F)C3)sc2n1. The molecule has 0 aromatic carbocycles. The minimum Gasteiger partial charge on any atom is -0.384 e. The van der Waals surface area contributed by atoms with Gasteiger partial charge in [-0.15, -0.1) is 11.3 Å². The van der Waals surface area contributed by atoms with Crippen LogP contribution in [0, 0.1) is 5.41 Å². The van der Waals surface area contributed by atoms with Gasteiger partial charge in [0.2, 0.25) is 0 Å². The molecule has 21 heavy (non-hydrogen) atoms. The molecular formula is C15H14F2N2OS. The Kier molecular flexibility index (Phi) is 3.18. The second kappa shape index (κ2) is 4.68. The van der Waals surface area contributed by atoms with Crippen molar-refractivity contribution >= 4 is 33.3 Å². The number of rotatable bonds is 3. The van der Waals surface area contributed by atoms with Crippen LogP contribution in [-0.4, -0.2) is 22.2 Å². The second-order valence-electron chi connectivity index (χ2n) is 5.33. The molecule has 1 saturated carbocycles. The standard InChI is InChI=1S/C15H14F2N2OS/c1-2-9(6-18)11-4-3-10-5-12(21-13(10)19-11)14(20)7-15(16,17)8-14/h2-6,18,20H,7-8H2,1H3/b9-2+,18-6?. The van der Waals surface area contributed by atoms with Gasteiger partial charge in [-0.05, 0) is 25.1 Å². The van der Waals surface area contributed by atoms with Crippen molar-refractivity contribution in [2.45, 2.75) is 31.3 Å². The van der Waals surface area contributed by atoms with Gasteiger partial charge in [0.1, 0.15) is 10.4 Å². The van der Waals surface area contributed by atoms with Crippen molar-refractivity contribution in [2.75, 3.05) is 0 Å². The molecule has 0 saturated heterocycles. The van der Waals surface area contributed by atoms with E-state index in [0.29, 0.717) is 21.0 Å². The molecule has 0 amide bonds. The summed E-state index contributed by atoms with van der Waals surface area (Å²) < 4.78 is 26.1. The van der Waals surface area contributed by atoms with E-state index in [1.165, 1.54) is 17.6 Å². The predicted octanol–water partition coefficient (Wildman–Crippen LogP) is 3.97. The summed E-state index contributed by atoms with van der Waals surface area (Å²) in [6.07, 6.45) is 1.96. The topological polar surface area (TPSA) is 57.0 Å². The Bertz CT molecular complexity index is 743. The highest BCUT2D eigenvalue weighted by Gasteiger charge is 2.57. The van der Waals surface area contributed by atoms with Gasteiger partial charge < -0.3 is 10.5 Å². The number of fused-ring (bicyclic) bond motifs is 1. The minimum atomic E-state index is -2.78. The van der Waals surface area contributed by atoms with Gasteiger partial charge in [-0.3, -0.25) is 0 Å². The maximum absolute atomic E-state index is 13.0. The highest BCUT2D eigenvalue weighted by molar-refractivity contribution is 7.18. The quantitative estimate of drug-likeness (QED) is 0.843. The predicted molar refractivity (Wildman–Crippen MR) is 80.1 cm³/mol. The molecule has 2 N–H and O–H groups in total. The Morgan fingerprint density at radius 2 is 2.14 bits per heavy atom. The number of nitrogens with one attached hydrogen (secondary N) is 1. The van der Waals surface area contributed by atoms with E-state index in [1.807, 2.05) is 13.0 Å². The van der Waals surface area contributed by atoms with Crippen LogP contribution in [0.25, 0.3) is 15.8 Å². The van der Waals surface area contributed by atoms with Gasteiger partial charge in [0, 0.05) is 34.9 Å². The molecule has 1 fully saturated rings. The fourth-order valence-electron chi connectivity index (χ4n) is 2.59. The van der Waals surface area contributed by atoms with Crippen molar-refractivity contribution in [1.82, 2.24) is 4.98 Å². The average Bonchev–Trinajstić information content (AvgIpc) is 2.81. The van der Waals surface area contributed by atoms with Crippen LogP contribution in [0.3, 0.4) is 0 Å². The van der Waals surface area contributed by atoms with Crippen molar-refractivity contribution in [1.29, 1.82) is 5.41 Å². The Morgan fingerprint density at radius 1 is 1.43 bits per heavy atom. The van der Waals surface area contributed by atoms with Gasteiger partial charge >= 0.3 is 0 Å². The van der Waals surface area contributed by atoms with Crippen LogP contribution in [0.5, 0.6) is 0 Å². The monoisotopic (exact) mass is 308 g/mol. The molecule has 0 atom stereocenters. The molecule has 1 aliphatic carbocycles. The summed E-state index contributed by atoms with van der Waals surface area (Å²) in [5.74, 6) is -2.78. The molecule has 0 radical (unpaired) electrons. The van der Waals surface area contributed by atoms with Gasteiger partial charge in [0.15, 0.2) is 0 Å². The number of pyridine rings is 1. The van der Waals surface area contributed by atoms with Crippen molar-refractivity contribution in [2.24, 2.45) is 0 Å². The number of nitrogens with zero attached hydrogens (tertiary/aromatic N) is 1. The summed E-state index contributed by atoms with van der Waals surface area (Å²) in [7, 11) is 0. The van der Waals surface area contributed by atoms with E-state index in [0.717, 1.165) is 5.39 Å². The van der Waals surface area contributed by atoms with Crippen LogP contribution < -0.4 is 0 Å². The van der Waals surface area contributed by atoms with Gasteiger partial charge in [-0.2, -0.15) is 0 Å². The first-order valence-corrected chi connectivity index (χ1v) is 7.37. The number of hydrogen-bond donors (Lipinski definition) is 2. The first-order chi connectivity index (χ1) is 9.87. The zero-order valence-electron chi connectivity index (χ0n) is 11.4. The third kappa shape index (κ3) is 2.38. The summed E-state index contributed by atoms with van der Waals surface area (Å²) in [6.45, 7) is 1.82. The summed E-state index contributed by atoms with van der Waals surface area (Å²) >= 11 is 1.24. The minimum absolute atomic E-state index is 0.527. The molecule has 0 aliphatic heterocycles. The molecule has 3 rings (SSSR count). The van der Waals surface area contributed by atoms with E-state index in [1.54, 1.807) is 18.2 Å². The Hall–Kier alpha value is -1.66. The number of alkyl halides is 2. The molecule has 1 aliphatic rings. The summed E-state index contributed by atoms with van der Waals surface area (Å²) in [5, 5.41) is 18.4. The van der Waals surface area contributed by atoms with Gasteiger partial charge in [0.05, 0.1) is 5.69 Å². The van der Waals surface area contributed by atoms with Gasteiger partial charge in [-0.1, -0.05) is 6.08 Å². The maximum atomic E-state index is 13.0. The highest BCUT2D eigenvalue weighted by Crippen LogP contribution is 2.53. The lowest BCUT2D eigenvalue weighted by Crippen LogP contribution is -2.48. The number of allylic oxidation sites excluding steroid dienone is 2. The third-order valence-corrected chi connectivity index (χ3v) is 4.94. The van der Waals surface area contributed by atoms with E-state index in [4.69, 9.17) is 5.41 Å². The van der Waals surface area contributed by atoms with Crippen molar-refractivity contribution in [3.05, 3.63) is 34.8 Å². The Balaban J connectivity index is 2.00. The molecule has 2 aromatic heterocycles. The highest BCUT2D eigenvalue weighted by atomic mass is 32.1. The van der Waals surface area contributed by atoms with Crippen LogP contribution in [0.15, 0.2) is 24.3 Å². The van der Waals surface area contributed by atoms with E-state index in [9.17, 15) is 13.9 Å². The van der Waals surface area contributed by atoms with Gasteiger partial charge in [0.25, 0.3) is 5.92 Å². The Labute approximate surface area is 124 Å². The van der Waals surface area contributed by atoms with Crippen LogP contribution in [0.1, 0.15) is 30.3 Å². The molecule has 6 heteroatoms. The molecule has 0 spiro atoms. The normalized spacial score (nSPS) is 20.3. The summed E-state index contributed by atoms with van der Waals surface area (Å²) in [6, 6.07) is 5.36. The number of hydrogen-bond acceptors (Lipinski definition) is 4. The Morgan fingerprint density at radius 3 is 2.71 bits per heavy atom. The molecule has 2 aromatic rings. The smallest absolute Gasteiger partial charge is 0.254 e. The fraction of sp³-hybridized carbons (Fsp3) is 0.333. The van der Waals surface area contributed by atoms with Crippen LogP contribution in [0.4, 0.5) is 8.78 Å². The number of halogens is 2. The van der Waals surface area contributed by atoms with E-state index in [-0.39, 0.29) is 0 Å². The molecule has 3 nitrogen and oxygen atoms in total. The molecular weight excluding hydrogens is 294 g/mol. The number of aliphatic hydroxyl groups is 1. The van der Waals surface area contributed by atoms with Crippen LogP contribution >= 0.6 is 11.3 Å².